The molecule has 7 heteroatoms. The van der Waals surface area contributed by atoms with Crippen LogP contribution < -0.4 is 9.64 Å². The first kappa shape index (κ1) is 19.1. The Morgan fingerprint density at radius 1 is 1.17 bits per heavy atom. The second-order valence-corrected chi connectivity index (χ2v) is 6.96. The number of halogens is 1. The summed E-state index contributed by atoms with van der Waals surface area (Å²) >= 11 is 0. The number of nitrogens with zero attached hydrogens (tertiary/aromatic N) is 3. The molecule has 1 aliphatic rings. The number of piperazine rings is 1. The number of hydrogen-bond acceptors (Lipinski definition) is 5. The molecular weight excluding hydrogens is 373 g/mol. The zero-order valence-corrected chi connectivity index (χ0v) is 16.4. The number of anilines is 1. The van der Waals surface area contributed by atoms with Crippen LogP contribution in [0.1, 0.15) is 11.5 Å². The number of amides is 1. The molecule has 0 saturated carbocycles. The second kappa shape index (κ2) is 8.05. The number of aryl methyl sites for hydroxylation is 1. The van der Waals surface area contributed by atoms with Crippen LogP contribution in [0.3, 0.4) is 0 Å². The maximum atomic E-state index is 14.2. The average molecular weight is 395 g/mol. The molecule has 2 aromatic carbocycles. The average Bonchev–Trinajstić information content (AvgIpc) is 3.09. The lowest BCUT2D eigenvalue weighted by Crippen LogP contribution is -2.50. The van der Waals surface area contributed by atoms with Crippen LogP contribution in [0.25, 0.3) is 11.5 Å². The number of para-hydroxylation sites is 1. The van der Waals surface area contributed by atoms with Gasteiger partial charge in [0.15, 0.2) is 0 Å². The molecule has 1 aromatic heterocycles. The number of aromatic nitrogens is 1. The van der Waals surface area contributed by atoms with Gasteiger partial charge in [0.05, 0.1) is 24.9 Å². The molecular formula is C22H22FN3O3. The van der Waals surface area contributed by atoms with Crippen LogP contribution in [-0.4, -0.2) is 42.5 Å². The number of carbonyl (C=O) groups is 1. The summed E-state index contributed by atoms with van der Waals surface area (Å²) in [6.07, 6.45) is 0. The summed E-state index contributed by atoms with van der Waals surface area (Å²) in [5.41, 5.74) is 1.86. The quantitative estimate of drug-likeness (QED) is 0.660. The third-order valence-corrected chi connectivity index (χ3v) is 5.04. The van der Waals surface area contributed by atoms with E-state index in [-0.39, 0.29) is 17.4 Å². The van der Waals surface area contributed by atoms with Crippen molar-refractivity contribution in [3.05, 3.63) is 65.8 Å². The van der Waals surface area contributed by atoms with E-state index in [4.69, 9.17) is 9.15 Å². The van der Waals surface area contributed by atoms with Crippen LogP contribution >= 0.6 is 0 Å². The molecule has 2 heterocycles. The number of benzene rings is 2. The summed E-state index contributed by atoms with van der Waals surface area (Å²) in [6.45, 7) is 3.89. The predicted molar refractivity (Wildman–Crippen MR) is 107 cm³/mol. The Kier molecular flexibility index (Phi) is 5.31. The first-order valence-electron chi connectivity index (χ1n) is 9.43. The molecule has 0 radical (unpaired) electrons. The fourth-order valence-corrected chi connectivity index (χ4v) is 3.43. The highest BCUT2D eigenvalue weighted by Crippen LogP contribution is 2.28. The fraction of sp³-hybridized carbons (Fsp3) is 0.273. The summed E-state index contributed by atoms with van der Waals surface area (Å²) in [7, 11) is 1.52. The summed E-state index contributed by atoms with van der Waals surface area (Å²) in [5.74, 6) is 0.970. The van der Waals surface area contributed by atoms with Crippen molar-refractivity contribution in [2.45, 2.75) is 13.5 Å². The normalized spacial score (nSPS) is 15.0. The lowest BCUT2D eigenvalue weighted by molar-refractivity contribution is -0.121. The van der Waals surface area contributed by atoms with Crippen LogP contribution in [0.4, 0.5) is 10.1 Å². The van der Waals surface area contributed by atoms with Crippen LogP contribution in [0.5, 0.6) is 5.75 Å². The highest BCUT2D eigenvalue weighted by molar-refractivity contribution is 5.95. The van der Waals surface area contributed by atoms with Gasteiger partial charge in [-0.15, -0.1) is 0 Å². The van der Waals surface area contributed by atoms with E-state index in [1.54, 1.807) is 24.0 Å². The van der Waals surface area contributed by atoms with E-state index in [0.29, 0.717) is 36.8 Å². The molecule has 1 amide bonds. The van der Waals surface area contributed by atoms with Gasteiger partial charge >= 0.3 is 0 Å². The lowest BCUT2D eigenvalue weighted by Gasteiger charge is -2.34. The SMILES string of the molecule is COc1ccc(F)c(-c2nc(CN3CCN(c4ccccc4)C(=O)C3)c(C)o2)c1. The highest BCUT2D eigenvalue weighted by atomic mass is 19.1. The van der Waals surface area contributed by atoms with Gasteiger partial charge in [0.25, 0.3) is 0 Å². The van der Waals surface area contributed by atoms with E-state index >= 15 is 0 Å². The van der Waals surface area contributed by atoms with Crippen LogP contribution in [0, 0.1) is 12.7 Å². The third kappa shape index (κ3) is 4.00. The summed E-state index contributed by atoms with van der Waals surface area (Å²) in [5, 5.41) is 0. The highest BCUT2D eigenvalue weighted by Gasteiger charge is 2.26. The largest absolute Gasteiger partial charge is 0.497 e. The number of ether oxygens (including phenoxy) is 1. The van der Waals surface area contributed by atoms with Gasteiger partial charge in [-0.3, -0.25) is 9.69 Å². The van der Waals surface area contributed by atoms with E-state index in [1.165, 1.54) is 13.2 Å². The van der Waals surface area contributed by atoms with Gasteiger partial charge in [-0.25, -0.2) is 9.37 Å². The Morgan fingerprint density at radius 2 is 1.97 bits per heavy atom. The summed E-state index contributed by atoms with van der Waals surface area (Å²) in [6, 6.07) is 14.1. The van der Waals surface area contributed by atoms with Crippen molar-refractivity contribution < 1.29 is 18.3 Å². The Morgan fingerprint density at radius 3 is 2.69 bits per heavy atom. The van der Waals surface area contributed by atoms with Crippen LogP contribution in [-0.2, 0) is 11.3 Å². The molecule has 3 aromatic rings. The Hall–Kier alpha value is -3.19. The van der Waals surface area contributed by atoms with Gasteiger partial charge < -0.3 is 14.1 Å². The maximum Gasteiger partial charge on any atom is 0.241 e. The van der Waals surface area contributed by atoms with E-state index in [9.17, 15) is 9.18 Å². The van der Waals surface area contributed by atoms with Gasteiger partial charge in [0.2, 0.25) is 11.8 Å². The first-order valence-corrected chi connectivity index (χ1v) is 9.43. The first-order chi connectivity index (χ1) is 14.0. The van der Waals surface area contributed by atoms with Crippen LogP contribution in [0.15, 0.2) is 52.9 Å². The van der Waals surface area contributed by atoms with Gasteiger partial charge in [-0.2, -0.15) is 0 Å². The Balaban J connectivity index is 1.48. The molecule has 29 heavy (non-hydrogen) atoms. The Labute approximate surface area is 168 Å². The van der Waals surface area contributed by atoms with Crippen molar-refractivity contribution in [1.82, 2.24) is 9.88 Å². The van der Waals surface area contributed by atoms with Crippen molar-refractivity contribution in [1.29, 1.82) is 0 Å². The zero-order chi connectivity index (χ0) is 20.4. The number of hydrogen-bond donors (Lipinski definition) is 0. The monoisotopic (exact) mass is 395 g/mol. The molecule has 1 saturated heterocycles. The molecule has 0 spiro atoms. The number of methoxy groups -OCH3 is 1. The van der Waals surface area contributed by atoms with E-state index < -0.39 is 5.82 Å². The summed E-state index contributed by atoms with van der Waals surface area (Å²) in [4.78, 5) is 20.9. The minimum atomic E-state index is -0.426. The molecule has 150 valence electrons. The van der Waals surface area contributed by atoms with E-state index in [1.807, 2.05) is 35.2 Å². The van der Waals surface area contributed by atoms with Gasteiger partial charge in [0, 0.05) is 25.3 Å². The minimum absolute atomic E-state index is 0.0441. The van der Waals surface area contributed by atoms with Crippen molar-refractivity contribution in [2.75, 3.05) is 31.6 Å². The summed E-state index contributed by atoms with van der Waals surface area (Å²) < 4.78 is 25.1. The van der Waals surface area contributed by atoms with Gasteiger partial charge in [0.1, 0.15) is 17.3 Å². The van der Waals surface area contributed by atoms with Crippen molar-refractivity contribution in [2.24, 2.45) is 0 Å². The van der Waals surface area contributed by atoms with Crippen molar-refractivity contribution >= 4 is 11.6 Å². The fourth-order valence-electron chi connectivity index (χ4n) is 3.43. The molecule has 1 fully saturated rings. The lowest BCUT2D eigenvalue weighted by atomic mass is 10.2. The predicted octanol–water partition coefficient (Wildman–Crippen LogP) is 3.65. The minimum Gasteiger partial charge on any atom is -0.497 e. The molecule has 0 bridgehead atoms. The van der Waals surface area contributed by atoms with Crippen molar-refractivity contribution in [3.63, 3.8) is 0 Å². The molecule has 6 nitrogen and oxygen atoms in total. The van der Waals surface area contributed by atoms with Gasteiger partial charge in [-0.05, 0) is 37.3 Å². The molecule has 4 rings (SSSR count). The molecule has 0 aliphatic carbocycles. The number of oxazole rings is 1. The standard InChI is InChI=1S/C22H22FN3O3/c1-15-20(24-22(29-15)18-12-17(28-2)8-9-19(18)23)13-25-10-11-26(21(27)14-25)16-6-4-3-5-7-16/h3-9,12H,10-11,13-14H2,1-2H3. The molecule has 0 atom stereocenters. The number of rotatable bonds is 5. The maximum absolute atomic E-state index is 14.2. The van der Waals surface area contributed by atoms with E-state index in [0.717, 1.165) is 12.2 Å². The Bertz CT molecular complexity index is 1020. The molecule has 0 unspecified atom stereocenters. The van der Waals surface area contributed by atoms with Crippen LogP contribution in [0.2, 0.25) is 0 Å². The molecule has 1 aliphatic heterocycles. The smallest absolute Gasteiger partial charge is 0.241 e. The van der Waals surface area contributed by atoms with Gasteiger partial charge in [-0.1, -0.05) is 18.2 Å². The topological polar surface area (TPSA) is 58.8 Å². The van der Waals surface area contributed by atoms with Crippen molar-refractivity contribution in [3.8, 4) is 17.2 Å². The second-order valence-electron chi connectivity index (χ2n) is 6.96. The molecule has 0 N–H and O–H groups in total. The number of carbonyl (C=O) groups excluding carboxylic acids is 1. The van der Waals surface area contributed by atoms with E-state index in [2.05, 4.69) is 4.98 Å². The zero-order valence-electron chi connectivity index (χ0n) is 16.4. The third-order valence-electron chi connectivity index (χ3n) is 5.04.